The third-order valence-electron chi connectivity index (χ3n) is 2.54. The average molecular weight is 357 g/mol. The number of hydrogen-bond donors (Lipinski definition) is 1. The zero-order valence-electron chi connectivity index (χ0n) is 10.8. The molecular formula is C13H11BrClN3O2. The lowest BCUT2D eigenvalue weighted by Crippen LogP contribution is -2.15. The topological polar surface area (TPSA) is 64.1 Å². The van der Waals surface area contributed by atoms with Gasteiger partial charge in [-0.05, 0) is 30.7 Å². The van der Waals surface area contributed by atoms with Gasteiger partial charge in [0.25, 0.3) is 5.91 Å². The molecule has 7 heteroatoms. The number of aromatic nitrogens is 2. The fourth-order valence-electron chi connectivity index (χ4n) is 1.61. The Morgan fingerprint density at radius 1 is 1.35 bits per heavy atom. The van der Waals surface area contributed by atoms with E-state index in [1.165, 1.54) is 13.2 Å². The second kappa shape index (κ2) is 6.19. The molecule has 0 atom stereocenters. The molecular weight excluding hydrogens is 346 g/mol. The van der Waals surface area contributed by atoms with Gasteiger partial charge in [-0.15, -0.1) is 0 Å². The van der Waals surface area contributed by atoms with E-state index in [2.05, 4.69) is 31.2 Å². The quantitative estimate of drug-likeness (QED) is 0.855. The van der Waals surface area contributed by atoms with E-state index >= 15 is 0 Å². The van der Waals surface area contributed by atoms with Crippen molar-refractivity contribution in [1.29, 1.82) is 0 Å². The maximum atomic E-state index is 12.2. The molecule has 0 fully saturated rings. The van der Waals surface area contributed by atoms with Crippen LogP contribution in [0.25, 0.3) is 0 Å². The number of amides is 1. The first-order valence-electron chi connectivity index (χ1n) is 5.65. The number of aryl methyl sites for hydroxylation is 1. The Kier molecular flexibility index (Phi) is 4.57. The van der Waals surface area contributed by atoms with Crippen molar-refractivity contribution in [2.24, 2.45) is 0 Å². The first kappa shape index (κ1) is 14.7. The van der Waals surface area contributed by atoms with E-state index in [0.717, 1.165) is 10.0 Å². The maximum absolute atomic E-state index is 12.2. The van der Waals surface area contributed by atoms with Crippen LogP contribution >= 0.6 is 27.5 Å². The Hall–Kier alpha value is -1.66. The van der Waals surface area contributed by atoms with Crippen LogP contribution in [0.4, 0.5) is 5.95 Å². The highest BCUT2D eigenvalue weighted by molar-refractivity contribution is 9.10. The number of carbonyl (C=O) groups is 1. The molecule has 0 saturated carbocycles. The van der Waals surface area contributed by atoms with Crippen molar-refractivity contribution >= 4 is 39.4 Å². The lowest BCUT2D eigenvalue weighted by molar-refractivity contribution is 0.102. The van der Waals surface area contributed by atoms with Crippen LogP contribution in [0.2, 0.25) is 5.15 Å². The summed E-state index contributed by atoms with van der Waals surface area (Å²) >= 11 is 9.17. The van der Waals surface area contributed by atoms with Crippen LogP contribution in [0.15, 0.2) is 28.7 Å². The zero-order valence-corrected chi connectivity index (χ0v) is 13.1. The summed E-state index contributed by atoms with van der Waals surface area (Å²) in [6, 6.07) is 6.83. The number of methoxy groups -OCH3 is 1. The molecule has 2 aromatic rings. The normalized spacial score (nSPS) is 10.2. The minimum Gasteiger partial charge on any atom is -0.481 e. The van der Waals surface area contributed by atoms with E-state index in [-0.39, 0.29) is 22.9 Å². The molecule has 2 rings (SSSR count). The second-order valence-electron chi connectivity index (χ2n) is 3.97. The van der Waals surface area contributed by atoms with Crippen molar-refractivity contribution in [3.8, 4) is 5.88 Å². The fourth-order valence-corrected chi connectivity index (χ4v) is 2.26. The smallest absolute Gasteiger partial charge is 0.258 e. The third-order valence-corrected chi connectivity index (χ3v) is 3.23. The molecule has 1 N–H and O–H groups in total. The molecule has 0 aliphatic heterocycles. The maximum Gasteiger partial charge on any atom is 0.258 e. The van der Waals surface area contributed by atoms with Gasteiger partial charge in [0.2, 0.25) is 11.8 Å². The minimum atomic E-state index is -0.306. The predicted octanol–water partition coefficient (Wildman–Crippen LogP) is 3.46. The van der Waals surface area contributed by atoms with Crippen LogP contribution < -0.4 is 10.1 Å². The van der Waals surface area contributed by atoms with E-state index in [4.69, 9.17) is 16.3 Å². The molecule has 0 bridgehead atoms. The molecule has 0 unspecified atom stereocenters. The van der Waals surface area contributed by atoms with Gasteiger partial charge in [-0.25, -0.2) is 4.98 Å². The van der Waals surface area contributed by atoms with Crippen molar-refractivity contribution in [2.75, 3.05) is 12.4 Å². The summed E-state index contributed by atoms with van der Waals surface area (Å²) in [5, 5.41) is 2.79. The molecule has 104 valence electrons. The Morgan fingerprint density at radius 3 is 2.75 bits per heavy atom. The van der Waals surface area contributed by atoms with Gasteiger partial charge < -0.3 is 4.74 Å². The molecule has 1 aromatic carbocycles. The molecule has 20 heavy (non-hydrogen) atoms. The van der Waals surface area contributed by atoms with E-state index in [1.54, 1.807) is 12.1 Å². The Bertz CT molecular complexity index is 664. The third kappa shape index (κ3) is 3.46. The van der Waals surface area contributed by atoms with Crippen molar-refractivity contribution in [3.05, 3.63) is 45.0 Å². The van der Waals surface area contributed by atoms with E-state index < -0.39 is 0 Å². The number of hydrogen-bond acceptors (Lipinski definition) is 4. The van der Waals surface area contributed by atoms with Crippen molar-refractivity contribution < 1.29 is 9.53 Å². The molecule has 1 amide bonds. The Morgan fingerprint density at radius 2 is 2.10 bits per heavy atom. The second-order valence-corrected chi connectivity index (χ2v) is 5.27. The summed E-state index contributed by atoms with van der Waals surface area (Å²) in [7, 11) is 1.46. The van der Waals surface area contributed by atoms with Crippen LogP contribution in [-0.2, 0) is 0 Å². The van der Waals surface area contributed by atoms with Gasteiger partial charge in [0, 0.05) is 16.1 Å². The lowest BCUT2D eigenvalue weighted by atomic mass is 10.1. The molecule has 1 heterocycles. The minimum absolute atomic E-state index is 0.0988. The average Bonchev–Trinajstić information content (AvgIpc) is 2.37. The Balaban J connectivity index is 2.25. The predicted molar refractivity (Wildman–Crippen MR) is 80.4 cm³/mol. The number of benzene rings is 1. The highest BCUT2D eigenvalue weighted by Gasteiger charge is 2.12. The van der Waals surface area contributed by atoms with Gasteiger partial charge in [-0.1, -0.05) is 27.5 Å². The van der Waals surface area contributed by atoms with E-state index in [1.807, 2.05) is 13.0 Å². The lowest BCUT2D eigenvalue weighted by Gasteiger charge is -2.08. The molecule has 0 saturated heterocycles. The zero-order chi connectivity index (χ0) is 14.7. The fraction of sp³-hybridized carbons (Fsp3) is 0.154. The van der Waals surface area contributed by atoms with Gasteiger partial charge in [-0.2, -0.15) is 4.98 Å². The number of nitrogens with zero attached hydrogens (tertiary/aromatic N) is 2. The first-order valence-corrected chi connectivity index (χ1v) is 6.83. The highest BCUT2D eigenvalue weighted by atomic mass is 79.9. The van der Waals surface area contributed by atoms with Gasteiger partial charge in [0.05, 0.1) is 7.11 Å². The van der Waals surface area contributed by atoms with Crippen molar-refractivity contribution in [3.63, 3.8) is 0 Å². The van der Waals surface area contributed by atoms with E-state index in [9.17, 15) is 4.79 Å². The first-order chi connectivity index (χ1) is 9.49. The molecule has 0 aliphatic carbocycles. The summed E-state index contributed by atoms with van der Waals surface area (Å²) < 4.78 is 5.88. The highest BCUT2D eigenvalue weighted by Crippen LogP contribution is 2.19. The number of nitrogens with one attached hydrogen (secondary N) is 1. The van der Waals surface area contributed by atoms with Crippen LogP contribution in [0.1, 0.15) is 15.9 Å². The number of anilines is 1. The van der Waals surface area contributed by atoms with Crippen LogP contribution in [0, 0.1) is 6.92 Å². The molecule has 0 spiro atoms. The van der Waals surface area contributed by atoms with Crippen LogP contribution in [-0.4, -0.2) is 23.0 Å². The summed E-state index contributed by atoms with van der Waals surface area (Å²) in [6.07, 6.45) is 0. The number of rotatable bonds is 3. The SMILES string of the molecule is COc1cc(Cl)nc(NC(=O)c2ccc(Br)cc2C)n1. The summed E-state index contributed by atoms with van der Waals surface area (Å²) in [4.78, 5) is 20.1. The number of ether oxygens (including phenoxy) is 1. The standard InChI is InChI=1S/C13H11BrClN3O2/c1-7-5-8(14)3-4-9(7)12(19)18-13-16-10(15)6-11(17-13)20-2/h3-6H,1-2H3,(H,16,17,18,19). The van der Waals surface area contributed by atoms with E-state index in [0.29, 0.717) is 5.56 Å². The summed E-state index contributed by atoms with van der Waals surface area (Å²) in [5.41, 5.74) is 1.38. The molecule has 1 aromatic heterocycles. The summed E-state index contributed by atoms with van der Waals surface area (Å²) in [6.45, 7) is 1.85. The van der Waals surface area contributed by atoms with Gasteiger partial charge in [0.15, 0.2) is 0 Å². The van der Waals surface area contributed by atoms with Crippen LogP contribution in [0.5, 0.6) is 5.88 Å². The van der Waals surface area contributed by atoms with Crippen molar-refractivity contribution in [2.45, 2.75) is 6.92 Å². The number of carbonyl (C=O) groups excluding carboxylic acids is 1. The number of halogens is 2. The monoisotopic (exact) mass is 355 g/mol. The van der Waals surface area contributed by atoms with Gasteiger partial charge in [-0.3, -0.25) is 10.1 Å². The summed E-state index contributed by atoms with van der Waals surface area (Å²) in [5.74, 6) is 0.0776. The van der Waals surface area contributed by atoms with Crippen LogP contribution in [0.3, 0.4) is 0 Å². The largest absolute Gasteiger partial charge is 0.481 e. The molecule has 0 aliphatic rings. The molecule has 5 nitrogen and oxygen atoms in total. The van der Waals surface area contributed by atoms with Gasteiger partial charge >= 0.3 is 0 Å². The van der Waals surface area contributed by atoms with Gasteiger partial charge in [0.1, 0.15) is 5.15 Å². The molecule has 0 radical (unpaired) electrons. The van der Waals surface area contributed by atoms with Crippen molar-refractivity contribution in [1.82, 2.24) is 9.97 Å². The Labute approximate surface area is 129 Å².